The van der Waals surface area contributed by atoms with E-state index in [4.69, 9.17) is 21.6 Å². The number of hydrogen-bond donors (Lipinski definition) is 0. The molecule has 2 aliphatic heterocycles. The summed E-state index contributed by atoms with van der Waals surface area (Å²) in [5.41, 5.74) is 1.58. The Morgan fingerprint density at radius 2 is 2.06 bits per heavy atom. The molecule has 1 saturated heterocycles. The molecule has 2 atom stereocenters. The number of methoxy groups -OCH3 is 1. The molecule has 0 aliphatic carbocycles. The largest absolute Gasteiger partial charge is 0.494 e. The summed E-state index contributed by atoms with van der Waals surface area (Å²) in [6.07, 6.45) is 4.96. The monoisotopic (exact) mass is 501 g/mol. The average Bonchev–Trinajstić information content (AvgIpc) is 3.25. The number of nitrogens with zero attached hydrogens (tertiary/aromatic N) is 5. The number of anilines is 2. The lowest BCUT2D eigenvalue weighted by Crippen LogP contribution is -2.62. The molecule has 0 saturated carbocycles. The second-order valence-electron chi connectivity index (χ2n) is 7.88. The predicted molar refractivity (Wildman–Crippen MR) is 129 cm³/mol. The quantitative estimate of drug-likeness (QED) is 0.587. The molecule has 0 spiro atoms. The van der Waals surface area contributed by atoms with Crippen LogP contribution >= 0.6 is 23.4 Å². The van der Waals surface area contributed by atoms with Gasteiger partial charge in [0.25, 0.3) is 5.91 Å². The number of aromatic nitrogens is 1. The zero-order valence-electron chi connectivity index (χ0n) is 18.7. The number of hydrogen-bond acceptors (Lipinski definition) is 7. The zero-order chi connectivity index (χ0) is 24.6. The highest BCUT2D eigenvalue weighted by Crippen LogP contribution is 2.47. The van der Waals surface area contributed by atoms with E-state index in [-0.39, 0.29) is 23.7 Å². The number of rotatable bonds is 6. The molecule has 34 heavy (non-hydrogen) atoms. The first-order valence-corrected chi connectivity index (χ1v) is 11.6. The van der Waals surface area contributed by atoms with Crippen molar-refractivity contribution in [3.63, 3.8) is 0 Å². The van der Waals surface area contributed by atoms with Gasteiger partial charge in [0.2, 0.25) is 0 Å². The number of carbonyl (C=O) groups excluding carboxylic acids is 2. The molecule has 0 bridgehead atoms. The molecular formula is C23H21ClFN5O3S. The Bertz CT molecular complexity index is 1230. The summed E-state index contributed by atoms with van der Waals surface area (Å²) in [7, 11) is 5.02. The summed E-state index contributed by atoms with van der Waals surface area (Å²) in [5, 5.41) is 8.63. The molecule has 1 fully saturated rings. The molecule has 4 rings (SSSR count). The summed E-state index contributed by atoms with van der Waals surface area (Å²) < 4.78 is 19.1. The molecule has 11 heteroatoms. The molecule has 176 valence electrons. The van der Waals surface area contributed by atoms with Gasteiger partial charge < -0.3 is 14.5 Å². The molecule has 8 nitrogen and oxygen atoms in total. The van der Waals surface area contributed by atoms with Crippen molar-refractivity contribution >= 4 is 51.6 Å². The van der Waals surface area contributed by atoms with E-state index >= 15 is 0 Å². The number of urea groups is 1. The van der Waals surface area contributed by atoms with E-state index in [9.17, 15) is 14.0 Å². The topological polar surface area (TPSA) is 89.8 Å². The number of imide groups is 1. The van der Waals surface area contributed by atoms with E-state index in [0.29, 0.717) is 16.2 Å². The predicted octanol–water partition coefficient (Wildman–Crippen LogP) is 4.16. The molecule has 0 radical (unpaired) electrons. The number of nitriles is 1. The molecule has 1 aromatic carbocycles. The van der Waals surface area contributed by atoms with Crippen molar-refractivity contribution in [1.82, 2.24) is 9.88 Å². The second kappa shape index (κ2) is 9.52. The fourth-order valence-electron chi connectivity index (χ4n) is 3.88. The number of thioether (sulfide) groups is 1. The summed E-state index contributed by atoms with van der Waals surface area (Å²) in [6, 6.07) is 5.29. The average molecular weight is 502 g/mol. The van der Waals surface area contributed by atoms with Crippen LogP contribution in [0.15, 0.2) is 36.7 Å². The van der Waals surface area contributed by atoms with E-state index in [1.165, 1.54) is 36.0 Å². The SMILES string of the molecule is COc1cc(C2=CC3C(S2)C(=O)N(c2cncc(N(C)C)c2)C(=O)N3CCC#N)c(Cl)cc1F. The summed E-state index contributed by atoms with van der Waals surface area (Å²) in [5.74, 6) is -0.978. The second-order valence-corrected chi connectivity index (χ2v) is 9.47. The van der Waals surface area contributed by atoms with Crippen molar-refractivity contribution in [3.05, 3.63) is 53.1 Å². The maximum atomic E-state index is 14.1. The van der Waals surface area contributed by atoms with Gasteiger partial charge >= 0.3 is 6.03 Å². The van der Waals surface area contributed by atoms with E-state index < -0.39 is 29.0 Å². The number of ether oxygens (including phenoxy) is 1. The highest BCUT2D eigenvalue weighted by Gasteiger charge is 2.49. The smallest absolute Gasteiger partial charge is 0.332 e. The fourth-order valence-corrected chi connectivity index (χ4v) is 5.55. The van der Waals surface area contributed by atoms with Crippen LogP contribution in [0.1, 0.15) is 12.0 Å². The Morgan fingerprint density at radius 3 is 2.74 bits per heavy atom. The van der Waals surface area contributed by atoms with Crippen molar-refractivity contribution in [2.75, 3.05) is 37.5 Å². The van der Waals surface area contributed by atoms with Crippen molar-refractivity contribution in [2.45, 2.75) is 17.7 Å². The van der Waals surface area contributed by atoms with Gasteiger partial charge in [-0.25, -0.2) is 14.1 Å². The Hall–Kier alpha value is -3.29. The Balaban J connectivity index is 1.75. The minimum atomic E-state index is -0.665. The lowest BCUT2D eigenvalue weighted by atomic mass is 10.0. The first-order valence-electron chi connectivity index (χ1n) is 10.3. The minimum Gasteiger partial charge on any atom is -0.494 e. The molecule has 2 aromatic rings. The maximum absolute atomic E-state index is 14.1. The highest BCUT2D eigenvalue weighted by molar-refractivity contribution is 8.09. The minimum absolute atomic E-state index is 0.0210. The third-order valence-corrected chi connectivity index (χ3v) is 7.26. The van der Waals surface area contributed by atoms with Gasteiger partial charge in [-0.05, 0) is 24.3 Å². The number of amides is 3. The third-order valence-electron chi connectivity index (χ3n) is 5.60. The summed E-state index contributed by atoms with van der Waals surface area (Å²) in [4.78, 5) is 36.3. The molecule has 3 heterocycles. The van der Waals surface area contributed by atoms with E-state index in [0.717, 1.165) is 16.7 Å². The van der Waals surface area contributed by atoms with Crippen molar-refractivity contribution in [3.8, 4) is 11.8 Å². The van der Waals surface area contributed by atoms with Crippen LogP contribution in [0, 0.1) is 17.1 Å². The van der Waals surface area contributed by atoms with Crippen molar-refractivity contribution < 1.29 is 18.7 Å². The molecule has 1 aromatic heterocycles. The van der Waals surface area contributed by atoms with Crippen LogP contribution in [0.25, 0.3) is 4.91 Å². The summed E-state index contributed by atoms with van der Waals surface area (Å²) in [6.45, 7) is 0.145. The van der Waals surface area contributed by atoms with Crippen LogP contribution in [0.5, 0.6) is 5.75 Å². The van der Waals surface area contributed by atoms with Crippen LogP contribution < -0.4 is 14.5 Å². The number of pyridine rings is 1. The summed E-state index contributed by atoms with van der Waals surface area (Å²) >= 11 is 7.55. The Labute approximate surface area is 205 Å². The van der Waals surface area contributed by atoms with Gasteiger partial charge in [0, 0.05) is 31.1 Å². The van der Waals surface area contributed by atoms with Gasteiger partial charge in [0.1, 0.15) is 5.25 Å². The van der Waals surface area contributed by atoms with Crippen LogP contribution in [0.4, 0.5) is 20.6 Å². The van der Waals surface area contributed by atoms with Gasteiger partial charge in [0.15, 0.2) is 11.6 Å². The number of halogens is 2. The fraction of sp³-hybridized carbons (Fsp3) is 0.304. The van der Waals surface area contributed by atoms with Gasteiger partial charge in [-0.15, -0.1) is 11.8 Å². The number of fused-ring (bicyclic) bond motifs is 1. The maximum Gasteiger partial charge on any atom is 0.332 e. The van der Waals surface area contributed by atoms with Crippen LogP contribution in [-0.4, -0.2) is 60.9 Å². The Kier molecular flexibility index (Phi) is 6.68. The van der Waals surface area contributed by atoms with Gasteiger partial charge in [0.05, 0.1) is 54.4 Å². The van der Waals surface area contributed by atoms with E-state index in [2.05, 4.69) is 11.1 Å². The zero-order valence-corrected chi connectivity index (χ0v) is 20.2. The third kappa shape index (κ3) is 4.17. The lowest BCUT2D eigenvalue weighted by Gasteiger charge is -2.40. The first kappa shape index (κ1) is 23.9. The van der Waals surface area contributed by atoms with Crippen LogP contribution in [0.2, 0.25) is 5.02 Å². The highest BCUT2D eigenvalue weighted by atomic mass is 35.5. The first-order chi connectivity index (χ1) is 16.3. The number of benzene rings is 1. The van der Waals surface area contributed by atoms with Gasteiger partial charge in [-0.1, -0.05) is 11.6 Å². The van der Waals surface area contributed by atoms with Crippen molar-refractivity contribution in [1.29, 1.82) is 5.26 Å². The van der Waals surface area contributed by atoms with Crippen LogP contribution in [0.3, 0.4) is 0 Å². The van der Waals surface area contributed by atoms with E-state index in [1.807, 2.05) is 19.0 Å². The number of carbonyl (C=O) groups is 2. The lowest BCUT2D eigenvalue weighted by molar-refractivity contribution is -0.119. The van der Waals surface area contributed by atoms with Crippen molar-refractivity contribution in [2.24, 2.45) is 0 Å². The molecule has 0 N–H and O–H groups in total. The van der Waals surface area contributed by atoms with Gasteiger partial charge in [-0.2, -0.15) is 5.26 Å². The standard InChI is InChI=1S/C23H21ClFN5O3S/c1-28(2)13-7-14(12-27-11-13)30-22(31)21-18(29(23(30)32)6-4-5-26)10-20(34-21)15-8-19(33-3)17(25)9-16(15)24/h7-12,18,21H,4,6H2,1-3H3. The molecule has 2 unspecified atom stereocenters. The van der Waals surface area contributed by atoms with Gasteiger partial charge in [-0.3, -0.25) is 9.78 Å². The molecule has 2 aliphatic rings. The van der Waals surface area contributed by atoms with Crippen LogP contribution in [-0.2, 0) is 4.79 Å². The molecule has 3 amide bonds. The Morgan fingerprint density at radius 1 is 1.29 bits per heavy atom. The van der Waals surface area contributed by atoms with E-state index in [1.54, 1.807) is 18.3 Å². The normalized spacial score (nSPS) is 19.6. The molecular weight excluding hydrogens is 481 g/mol.